The molecule has 0 aliphatic heterocycles. The van der Waals surface area contributed by atoms with Gasteiger partial charge in [-0.05, 0) is 25.7 Å². The fourth-order valence-electron chi connectivity index (χ4n) is 2.29. The summed E-state index contributed by atoms with van der Waals surface area (Å²) in [7, 11) is 0. The predicted octanol–water partition coefficient (Wildman–Crippen LogP) is 2.09. The van der Waals surface area contributed by atoms with E-state index in [1.54, 1.807) is 11.3 Å². The minimum absolute atomic E-state index is 0.0931. The van der Waals surface area contributed by atoms with E-state index in [0.29, 0.717) is 5.92 Å². The van der Waals surface area contributed by atoms with Crippen molar-refractivity contribution in [3.63, 3.8) is 0 Å². The van der Waals surface area contributed by atoms with Gasteiger partial charge in [-0.25, -0.2) is 4.98 Å². The van der Waals surface area contributed by atoms with Crippen molar-refractivity contribution in [1.82, 2.24) is 10.3 Å². The van der Waals surface area contributed by atoms with Gasteiger partial charge in [0.25, 0.3) is 0 Å². The molecule has 3 nitrogen and oxygen atoms in total. The summed E-state index contributed by atoms with van der Waals surface area (Å²) < 4.78 is 0. The molecule has 0 saturated heterocycles. The second-order valence-electron chi connectivity index (χ2n) is 4.59. The van der Waals surface area contributed by atoms with Gasteiger partial charge in [0.1, 0.15) is 0 Å². The standard InChI is InChI=1S/C12H20N2OS/c1-9-14-8-11(16-9)7-13-6-10-4-2-3-5-12(10)15/h8,10,12-13,15H,2-7H2,1H3. The first-order valence-electron chi connectivity index (χ1n) is 6.06. The van der Waals surface area contributed by atoms with Gasteiger partial charge in [0.2, 0.25) is 0 Å². The lowest BCUT2D eigenvalue weighted by Gasteiger charge is -2.27. The van der Waals surface area contributed by atoms with E-state index in [-0.39, 0.29) is 6.10 Å². The third-order valence-corrected chi connectivity index (χ3v) is 4.16. The maximum Gasteiger partial charge on any atom is 0.0897 e. The molecular weight excluding hydrogens is 220 g/mol. The lowest BCUT2D eigenvalue weighted by atomic mass is 9.86. The van der Waals surface area contributed by atoms with Crippen molar-refractivity contribution in [1.29, 1.82) is 0 Å². The Labute approximate surface area is 101 Å². The second-order valence-corrected chi connectivity index (χ2v) is 5.91. The topological polar surface area (TPSA) is 45.2 Å². The lowest BCUT2D eigenvalue weighted by Crippen LogP contribution is -2.33. The number of aromatic nitrogens is 1. The van der Waals surface area contributed by atoms with Crippen molar-refractivity contribution in [2.45, 2.75) is 45.3 Å². The molecule has 2 unspecified atom stereocenters. The van der Waals surface area contributed by atoms with Crippen molar-refractivity contribution >= 4 is 11.3 Å². The van der Waals surface area contributed by atoms with Crippen molar-refractivity contribution < 1.29 is 5.11 Å². The number of nitrogens with zero attached hydrogens (tertiary/aromatic N) is 1. The molecule has 0 aromatic carbocycles. The Morgan fingerprint density at radius 1 is 1.50 bits per heavy atom. The van der Waals surface area contributed by atoms with Crippen LogP contribution in [-0.4, -0.2) is 22.7 Å². The normalized spacial score (nSPS) is 25.9. The summed E-state index contributed by atoms with van der Waals surface area (Å²) in [5.74, 6) is 0.447. The summed E-state index contributed by atoms with van der Waals surface area (Å²) in [6.07, 6.45) is 6.44. The fourth-order valence-corrected chi connectivity index (χ4v) is 3.06. The van der Waals surface area contributed by atoms with Crippen LogP contribution in [0.3, 0.4) is 0 Å². The molecule has 0 radical (unpaired) electrons. The molecule has 1 fully saturated rings. The molecule has 0 bridgehead atoms. The summed E-state index contributed by atoms with van der Waals surface area (Å²) >= 11 is 1.74. The Morgan fingerprint density at radius 2 is 2.31 bits per heavy atom. The third-order valence-electron chi connectivity index (χ3n) is 3.24. The Bertz CT molecular complexity index is 327. The monoisotopic (exact) mass is 240 g/mol. The largest absolute Gasteiger partial charge is 0.393 e. The molecule has 2 N–H and O–H groups in total. The third kappa shape index (κ3) is 3.27. The summed E-state index contributed by atoms with van der Waals surface area (Å²) in [5.41, 5.74) is 0. The first-order valence-corrected chi connectivity index (χ1v) is 6.87. The first kappa shape index (κ1) is 12.0. The van der Waals surface area contributed by atoms with E-state index >= 15 is 0 Å². The fraction of sp³-hybridized carbons (Fsp3) is 0.750. The van der Waals surface area contributed by atoms with Gasteiger partial charge in [-0.1, -0.05) is 12.8 Å². The molecule has 90 valence electrons. The van der Waals surface area contributed by atoms with E-state index in [0.717, 1.165) is 30.9 Å². The van der Waals surface area contributed by atoms with Crippen LogP contribution in [0, 0.1) is 12.8 Å². The number of rotatable bonds is 4. The van der Waals surface area contributed by atoms with Gasteiger partial charge in [0, 0.05) is 24.2 Å². The van der Waals surface area contributed by atoms with Gasteiger partial charge < -0.3 is 10.4 Å². The quantitative estimate of drug-likeness (QED) is 0.847. The van der Waals surface area contributed by atoms with Gasteiger partial charge in [0.15, 0.2) is 0 Å². The van der Waals surface area contributed by atoms with E-state index < -0.39 is 0 Å². The van der Waals surface area contributed by atoms with Gasteiger partial charge >= 0.3 is 0 Å². The van der Waals surface area contributed by atoms with E-state index in [1.165, 1.54) is 17.7 Å². The molecule has 2 atom stereocenters. The maximum atomic E-state index is 9.82. The molecule has 2 rings (SSSR count). The van der Waals surface area contributed by atoms with Crippen LogP contribution in [0.5, 0.6) is 0 Å². The molecular formula is C12H20N2OS. The summed E-state index contributed by atoms with van der Waals surface area (Å²) in [6, 6.07) is 0. The molecule has 0 amide bonds. The number of aliphatic hydroxyl groups excluding tert-OH is 1. The zero-order chi connectivity index (χ0) is 11.4. The van der Waals surface area contributed by atoms with Crippen molar-refractivity contribution in [3.8, 4) is 0 Å². The van der Waals surface area contributed by atoms with Crippen LogP contribution in [0.2, 0.25) is 0 Å². The van der Waals surface area contributed by atoms with Crippen LogP contribution in [0.4, 0.5) is 0 Å². The Balaban J connectivity index is 1.71. The Morgan fingerprint density at radius 3 is 3.00 bits per heavy atom. The van der Waals surface area contributed by atoms with Crippen LogP contribution in [0.25, 0.3) is 0 Å². The van der Waals surface area contributed by atoms with E-state index in [2.05, 4.69) is 10.3 Å². The van der Waals surface area contributed by atoms with Crippen molar-refractivity contribution in [2.24, 2.45) is 5.92 Å². The average molecular weight is 240 g/mol. The minimum Gasteiger partial charge on any atom is -0.393 e. The molecule has 0 spiro atoms. The summed E-state index contributed by atoms with van der Waals surface area (Å²) in [6.45, 7) is 3.84. The van der Waals surface area contributed by atoms with Crippen LogP contribution in [0.1, 0.15) is 35.6 Å². The first-order chi connectivity index (χ1) is 7.75. The van der Waals surface area contributed by atoms with Gasteiger partial charge in [-0.15, -0.1) is 11.3 Å². The SMILES string of the molecule is Cc1ncc(CNCC2CCCCC2O)s1. The number of hydrogen-bond acceptors (Lipinski definition) is 4. The molecule has 1 aromatic heterocycles. The molecule has 16 heavy (non-hydrogen) atoms. The van der Waals surface area contributed by atoms with Gasteiger partial charge in [0.05, 0.1) is 11.1 Å². The molecule has 4 heteroatoms. The highest BCUT2D eigenvalue weighted by Gasteiger charge is 2.22. The average Bonchev–Trinajstić information content (AvgIpc) is 2.67. The highest BCUT2D eigenvalue weighted by Crippen LogP contribution is 2.23. The van der Waals surface area contributed by atoms with Crippen molar-refractivity contribution in [2.75, 3.05) is 6.54 Å². The number of thiazole rings is 1. The van der Waals surface area contributed by atoms with Crippen molar-refractivity contribution in [3.05, 3.63) is 16.1 Å². The predicted molar refractivity (Wildman–Crippen MR) is 66.5 cm³/mol. The van der Waals surface area contributed by atoms with Crippen LogP contribution < -0.4 is 5.32 Å². The summed E-state index contributed by atoms with van der Waals surface area (Å²) in [4.78, 5) is 5.51. The number of aliphatic hydroxyl groups is 1. The summed E-state index contributed by atoms with van der Waals surface area (Å²) in [5, 5.41) is 14.4. The highest BCUT2D eigenvalue weighted by molar-refractivity contribution is 7.11. The van der Waals surface area contributed by atoms with E-state index in [4.69, 9.17) is 0 Å². The molecule has 1 heterocycles. The minimum atomic E-state index is -0.0931. The zero-order valence-corrected chi connectivity index (χ0v) is 10.6. The number of aryl methyl sites for hydroxylation is 1. The number of hydrogen-bond donors (Lipinski definition) is 2. The highest BCUT2D eigenvalue weighted by atomic mass is 32.1. The zero-order valence-electron chi connectivity index (χ0n) is 9.78. The molecule has 1 aromatic rings. The molecule has 1 saturated carbocycles. The second kappa shape index (κ2) is 5.75. The van der Waals surface area contributed by atoms with Crippen LogP contribution >= 0.6 is 11.3 Å². The van der Waals surface area contributed by atoms with Crippen LogP contribution in [-0.2, 0) is 6.54 Å². The smallest absolute Gasteiger partial charge is 0.0897 e. The number of nitrogens with one attached hydrogen (secondary N) is 1. The van der Waals surface area contributed by atoms with E-state index in [9.17, 15) is 5.11 Å². The lowest BCUT2D eigenvalue weighted by molar-refractivity contribution is 0.0695. The molecule has 1 aliphatic rings. The van der Waals surface area contributed by atoms with E-state index in [1.807, 2.05) is 13.1 Å². The molecule has 1 aliphatic carbocycles. The van der Waals surface area contributed by atoms with Gasteiger partial charge in [-0.3, -0.25) is 0 Å². The maximum absolute atomic E-state index is 9.82. The van der Waals surface area contributed by atoms with Gasteiger partial charge in [-0.2, -0.15) is 0 Å². The Kier molecular flexibility index (Phi) is 4.32. The van der Waals surface area contributed by atoms with Crippen LogP contribution in [0.15, 0.2) is 6.20 Å². The Hall–Kier alpha value is -0.450.